The van der Waals surface area contributed by atoms with Crippen LogP contribution in [0.4, 0.5) is 0 Å². The molecule has 0 radical (unpaired) electrons. The van der Waals surface area contributed by atoms with Crippen molar-refractivity contribution in [1.29, 1.82) is 0 Å². The third-order valence-electron chi connectivity index (χ3n) is 2.30. The predicted octanol–water partition coefficient (Wildman–Crippen LogP) is 3.76. The van der Waals surface area contributed by atoms with E-state index in [-0.39, 0.29) is 5.78 Å². The topological polar surface area (TPSA) is 17.1 Å². The van der Waals surface area contributed by atoms with Crippen molar-refractivity contribution < 1.29 is 4.79 Å². The van der Waals surface area contributed by atoms with Gasteiger partial charge in [-0.15, -0.1) is 0 Å². The number of carbonyl (C=O) groups is 1. The van der Waals surface area contributed by atoms with Gasteiger partial charge in [-0.25, -0.2) is 0 Å². The smallest absolute Gasteiger partial charge is 0.141 e. The van der Waals surface area contributed by atoms with Gasteiger partial charge in [-0.2, -0.15) is 11.3 Å². The molecule has 0 bridgehead atoms. The van der Waals surface area contributed by atoms with Gasteiger partial charge in [-0.3, -0.25) is 4.79 Å². The number of rotatable bonds is 4. The number of halogens is 1. The summed E-state index contributed by atoms with van der Waals surface area (Å²) in [5.41, 5.74) is 2.12. The maximum Gasteiger partial charge on any atom is 0.141 e. The third kappa shape index (κ3) is 3.19. The van der Waals surface area contributed by atoms with E-state index in [4.69, 9.17) is 11.6 Å². The summed E-state index contributed by atoms with van der Waals surface area (Å²) in [6, 6.07) is 9.41. The van der Waals surface area contributed by atoms with Gasteiger partial charge >= 0.3 is 0 Å². The molecule has 0 aliphatic carbocycles. The van der Waals surface area contributed by atoms with Crippen molar-refractivity contribution in [3.05, 3.63) is 57.2 Å². The molecular weight excluding hydrogens is 240 g/mol. The second-order valence-corrected chi connectivity index (χ2v) is 4.87. The summed E-state index contributed by atoms with van der Waals surface area (Å²) in [7, 11) is 0. The number of hydrogen-bond donors (Lipinski definition) is 0. The first kappa shape index (κ1) is 11.4. The van der Waals surface area contributed by atoms with Gasteiger partial charge in [0.15, 0.2) is 0 Å². The van der Waals surface area contributed by atoms with Crippen molar-refractivity contribution in [2.45, 2.75) is 12.8 Å². The highest BCUT2D eigenvalue weighted by Crippen LogP contribution is 2.12. The standard InChI is InChI=1S/C13H11ClOS/c14-12-3-1-10(2-4-12)7-13(15)8-11-5-6-16-9-11/h1-6,9H,7-8H2. The average Bonchev–Trinajstić information content (AvgIpc) is 2.74. The summed E-state index contributed by atoms with van der Waals surface area (Å²) >= 11 is 7.40. The quantitative estimate of drug-likeness (QED) is 0.808. The molecule has 1 aromatic carbocycles. The van der Waals surface area contributed by atoms with Crippen LogP contribution in [0, 0.1) is 0 Å². The van der Waals surface area contributed by atoms with Crippen LogP contribution in [0.25, 0.3) is 0 Å². The van der Waals surface area contributed by atoms with Crippen LogP contribution in [0.1, 0.15) is 11.1 Å². The minimum Gasteiger partial charge on any atom is -0.299 e. The molecular formula is C13H11ClOS. The minimum absolute atomic E-state index is 0.237. The van der Waals surface area contributed by atoms with E-state index in [1.165, 1.54) is 0 Å². The molecule has 0 saturated heterocycles. The monoisotopic (exact) mass is 250 g/mol. The lowest BCUT2D eigenvalue weighted by atomic mass is 10.0. The summed E-state index contributed by atoms with van der Waals surface area (Å²) in [6.07, 6.45) is 0.999. The van der Waals surface area contributed by atoms with E-state index in [1.807, 2.05) is 41.1 Å². The van der Waals surface area contributed by atoms with Gasteiger partial charge in [0.25, 0.3) is 0 Å². The van der Waals surface area contributed by atoms with Crippen molar-refractivity contribution >= 4 is 28.7 Å². The fourth-order valence-corrected chi connectivity index (χ4v) is 2.31. The van der Waals surface area contributed by atoms with Gasteiger partial charge in [-0.05, 0) is 40.1 Å². The molecule has 0 atom stereocenters. The lowest BCUT2D eigenvalue weighted by Crippen LogP contribution is -2.05. The number of benzene rings is 1. The van der Waals surface area contributed by atoms with Crippen LogP contribution in [0.2, 0.25) is 5.02 Å². The van der Waals surface area contributed by atoms with Gasteiger partial charge < -0.3 is 0 Å². The number of ketones is 1. The van der Waals surface area contributed by atoms with Gasteiger partial charge in [-0.1, -0.05) is 23.7 Å². The van der Waals surface area contributed by atoms with Gasteiger partial charge in [0.1, 0.15) is 5.78 Å². The second kappa shape index (κ2) is 5.28. The first-order chi connectivity index (χ1) is 7.74. The van der Waals surface area contributed by atoms with Gasteiger partial charge in [0.2, 0.25) is 0 Å². The van der Waals surface area contributed by atoms with Crippen LogP contribution in [-0.2, 0) is 17.6 Å². The third-order valence-corrected chi connectivity index (χ3v) is 3.28. The van der Waals surface area contributed by atoms with E-state index in [9.17, 15) is 4.79 Å². The summed E-state index contributed by atoms with van der Waals surface area (Å²) in [6.45, 7) is 0. The Bertz CT molecular complexity index is 459. The van der Waals surface area contributed by atoms with E-state index < -0.39 is 0 Å². The van der Waals surface area contributed by atoms with E-state index in [0.717, 1.165) is 11.1 Å². The first-order valence-electron chi connectivity index (χ1n) is 5.01. The summed E-state index contributed by atoms with van der Waals surface area (Å²) in [4.78, 5) is 11.7. The molecule has 2 rings (SSSR count). The molecule has 82 valence electrons. The zero-order chi connectivity index (χ0) is 11.4. The van der Waals surface area contributed by atoms with E-state index in [0.29, 0.717) is 17.9 Å². The Morgan fingerprint density at radius 2 is 1.75 bits per heavy atom. The maximum atomic E-state index is 11.7. The highest BCUT2D eigenvalue weighted by Gasteiger charge is 2.05. The van der Waals surface area contributed by atoms with Crippen LogP contribution in [0.15, 0.2) is 41.1 Å². The van der Waals surface area contributed by atoms with Crippen molar-refractivity contribution in [3.63, 3.8) is 0 Å². The molecule has 0 saturated carbocycles. The Hall–Kier alpha value is -1.12. The second-order valence-electron chi connectivity index (χ2n) is 3.65. The molecule has 0 N–H and O–H groups in total. The molecule has 0 amide bonds. The normalized spacial score (nSPS) is 10.3. The van der Waals surface area contributed by atoms with Crippen LogP contribution in [-0.4, -0.2) is 5.78 Å². The molecule has 16 heavy (non-hydrogen) atoms. The fraction of sp³-hybridized carbons (Fsp3) is 0.154. The first-order valence-corrected chi connectivity index (χ1v) is 6.33. The number of thiophene rings is 1. The zero-order valence-electron chi connectivity index (χ0n) is 8.65. The van der Waals surface area contributed by atoms with Crippen LogP contribution in [0.5, 0.6) is 0 Å². The van der Waals surface area contributed by atoms with E-state index in [2.05, 4.69) is 0 Å². The zero-order valence-corrected chi connectivity index (χ0v) is 10.2. The number of Topliss-reactive ketones (excluding diaryl/α,β-unsaturated/α-hetero) is 1. The lowest BCUT2D eigenvalue weighted by molar-refractivity contribution is -0.117. The van der Waals surface area contributed by atoms with Gasteiger partial charge in [0.05, 0.1) is 0 Å². The van der Waals surface area contributed by atoms with Crippen molar-refractivity contribution in [2.75, 3.05) is 0 Å². The van der Waals surface area contributed by atoms with Crippen LogP contribution >= 0.6 is 22.9 Å². The number of carbonyl (C=O) groups excluding carboxylic acids is 1. The van der Waals surface area contributed by atoms with Crippen molar-refractivity contribution in [2.24, 2.45) is 0 Å². The van der Waals surface area contributed by atoms with E-state index in [1.54, 1.807) is 11.3 Å². The molecule has 0 fully saturated rings. The summed E-state index contributed by atoms with van der Waals surface area (Å²) in [5.74, 6) is 0.237. The average molecular weight is 251 g/mol. The highest BCUT2D eigenvalue weighted by molar-refractivity contribution is 7.07. The molecule has 0 aliphatic heterocycles. The molecule has 1 nitrogen and oxygen atoms in total. The minimum atomic E-state index is 0.237. The molecule has 3 heteroatoms. The molecule has 0 unspecified atom stereocenters. The molecule has 1 heterocycles. The SMILES string of the molecule is O=C(Cc1ccc(Cl)cc1)Cc1ccsc1. The molecule has 1 aromatic heterocycles. The Morgan fingerprint density at radius 3 is 2.38 bits per heavy atom. The summed E-state index contributed by atoms with van der Waals surface area (Å²) < 4.78 is 0. The lowest BCUT2D eigenvalue weighted by Gasteiger charge is -2.00. The molecule has 0 spiro atoms. The molecule has 0 aliphatic rings. The summed E-state index contributed by atoms with van der Waals surface area (Å²) in [5, 5.41) is 4.71. The van der Waals surface area contributed by atoms with Gasteiger partial charge in [0, 0.05) is 17.9 Å². The van der Waals surface area contributed by atoms with Crippen LogP contribution in [0.3, 0.4) is 0 Å². The Balaban J connectivity index is 1.95. The van der Waals surface area contributed by atoms with Crippen molar-refractivity contribution in [1.82, 2.24) is 0 Å². The largest absolute Gasteiger partial charge is 0.299 e. The Labute approximate surface area is 104 Å². The Kier molecular flexibility index (Phi) is 3.75. The van der Waals surface area contributed by atoms with Crippen LogP contribution < -0.4 is 0 Å². The fourth-order valence-electron chi connectivity index (χ4n) is 1.51. The molecule has 2 aromatic rings. The maximum absolute atomic E-state index is 11.7. The predicted molar refractivity (Wildman–Crippen MR) is 68.2 cm³/mol. The van der Waals surface area contributed by atoms with E-state index >= 15 is 0 Å². The number of hydrogen-bond acceptors (Lipinski definition) is 2. The Morgan fingerprint density at radius 1 is 1.06 bits per heavy atom. The highest BCUT2D eigenvalue weighted by atomic mass is 35.5. The van der Waals surface area contributed by atoms with Crippen molar-refractivity contribution in [3.8, 4) is 0 Å².